The Kier molecular flexibility index (Phi) is 5.36. The number of rotatable bonds is 6. The van der Waals surface area contributed by atoms with E-state index in [4.69, 9.17) is 4.74 Å². The molecule has 0 atom stereocenters. The predicted octanol–water partition coefficient (Wildman–Crippen LogP) is 4.20. The highest BCUT2D eigenvalue weighted by atomic mass is 32.1. The molecule has 1 heterocycles. The first-order valence-electron chi connectivity index (χ1n) is 7.66. The summed E-state index contributed by atoms with van der Waals surface area (Å²) in [6.45, 7) is 1.86. The summed E-state index contributed by atoms with van der Waals surface area (Å²) < 4.78 is 5.92. The number of aromatic nitrogens is 1. The number of nitrogens with zero attached hydrogens (tertiary/aromatic N) is 1. The van der Waals surface area contributed by atoms with Gasteiger partial charge in [-0.05, 0) is 18.1 Å². The molecule has 4 nitrogen and oxygen atoms in total. The lowest BCUT2D eigenvalue weighted by molar-refractivity contribution is -0.121. The predicted molar refractivity (Wildman–Crippen MR) is 96.2 cm³/mol. The van der Waals surface area contributed by atoms with E-state index in [0.717, 1.165) is 16.8 Å². The number of carbonyl (C=O) groups is 1. The minimum Gasteiger partial charge on any atom is -0.359 e. The molecule has 3 aromatic rings. The molecule has 0 fully saturated rings. The third-order valence-corrected chi connectivity index (χ3v) is 4.33. The number of carbonyl (C=O) groups excluding carboxylic acids is 1. The summed E-state index contributed by atoms with van der Waals surface area (Å²) in [7, 11) is 0. The number of hydrogen-bond donors (Lipinski definition) is 1. The number of nitrogens with one attached hydrogen (secondary N) is 1. The van der Waals surface area contributed by atoms with Gasteiger partial charge in [0.15, 0.2) is 5.13 Å². The van der Waals surface area contributed by atoms with Crippen LogP contribution in [-0.2, 0) is 9.53 Å². The third-order valence-electron chi connectivity index (χ3n) is 3.45. The second-order valence-corrected chi connectivity index (χ2v) is 6.21. The Balaban J connectivity index is 1.69. The summed E-state index contributed by atoms with van der Waals surface area (Å²) in [5.74, 6) is -0.207. The molecule has 0 aliphatic rings. The Labute approximate surface area is 145 Å². The van der Waals surface area contributed by atoms with Crippen LogP contribution in [0.3, 0.4) is 0 Å². The third kappa shape index (κ3) is 4.28. The molecule has 0 aliphatic carbocycles. The molecule has 0 spiro atoms. The Morgan fingerprint density at radius 3 is 2.17 bits per heavy atom. The first-order chi connectivity index (χ1) is 11.7. The number of anilines is 1. The minimum atomic E-state index is -0.281. The largest absolute Gasteiger partial charge is 0.359 e. The zero-order valence-corrected chi connectivity index (χ0v) is 14.1. The summed E-state index contributed by atoms with van der Waals surface area (Å²) in [6, 6.07) is 19.8. The van der Waals surface area contributed by atoms with E-state index in [1.54, 1.807) is 0 Å². The van der Waals surface area contributed by atoms with Gasteiger partial charge in [0.2, 0.25) is 0 Å². The summed E-state index contributed by atoms with van der Waals surface area (Å²) in [4.78, 5) is 16.3. The van der Waals surface area contributed by atoms with E-state index in [0.29, 0.717) is 5.13 Å². The van der Waals surface area contributed by atoms with Crippen molar-refractivity contribution in [3.05, 3.63) is 82.9 Å². The van der Waals surface area contributed by atoms with Gasteiger partial charge in [-0.2, -0.15) is 0 Å². The van der Waals surface area contributed by atoms with Gasteiger partial charge in [0.1, 0.15) is 12.7 Å². The lowest BCUT2D eigenvalue weighted by Gasteiger charge is -2.18. The van der Waals surface area contributed by atoms with Gasteiger partial charge in [0.25, 0.3) is 5.91 Å². The average molecular weight is 338 g/mol. The van der Waals surface area contributed by atoms with E-state index in [1.165, 1.54) is 11.3 Å². The lowest BCUT2D eigenvalue weighted by atomic mass is 10.0. The van der Waals surface area contributed by atoms with Crippen molar-refractivity contribution >= 4 is 22.4 Å². The topological polar surface area (TPSA) is 51.2 Å². The van der Waals surface area contributed by atoms with Gasteiger partial charge in [-0.25, -0.2) is 4.98 Å². The van der Waals surface area contributed by atoms with Crippen molar-refractivity contribution < 1.29 is 9.53 Å². The summed E-state index contributed by atoms with van der Waals surface area (Å²) in [5.41, 5.74) is 2.92. The molecule has 2 aromatic carbocycles. The molecule has 0 unspecified atom stereocenters. The molecule has 0 saturated carbocycles. The van der Waals surface area contributed by atoms with Crippen LogP contribution >= 0.6 is 11.3 Å². The molecular weight excluding hydrogens is 320 g/mol. The van der Waals surface area contributed by atoms with Crippen molar-refractivity contribution in [2.45, 2.75) is 13.0 Å². The van der Waals surface area contributed by atoms with Crippen LogP contribution in [0.1, 0.15) is 22.9 Å². The maximum Gasteiger partial charge on any atom is 0.252 e. The van der Waals surface area contributed by atoms with Crippen molar-refractivity contribution in [3.8, 4) is 0 Å². The Morgan fingerprint density at radius 2 is 1.67 bits per heavy atom. The molecular formula is C19H18N2O2S. The first-order valence-corrected chi connectivity index (χ1v) is 8.54. The van der Waals surface area contributed by atoms with E-state index in [9.17, 15) is 4.79 Å². The average Bonchev–Trinajstić information content (AvgIpc) is 3.02. The standard InChI is InChI=1S/C19H18N2O2S/c1-14-13-24-19(20-14)21-17(22)12-23-18(15-8-4-2-5-9-15)16-10-6-3-7-11-16/h2-11,13,18H,12H2,1H3,(H,20,21,22). The molecule has 0 radical (unpaired) electrons. The first kappa shape index (κ1) is 16.4. The zero-order valence-electron chi connectivity index (χ0n) is 13.3. The number of amides is 1. The molecule has 24 heavy (non-hydrogen) atoms. The quantitative estimate of drug-likeness (QED) is 0.733. The van der Waals surface area contributed by atoms with Gasteiger partial charge in [0, 0.05) is 5.38 Å². The normalized spacial score (nSPS) is 10.8. The van der Waals surface area contributed by atoms with Crippen molar-refractivity contribution in [2.75, 3.05) is 11.9 Å². The molecule has 0 saturated heterocycles. The van der Waals surface area contributed by atoms with Crippen molar-refractivity contribution in [3.63, 3.8) is 0 Å². The smallest absolute Gasteiger partial charge is 0.252 e. The molecule has 0 bridgehead atoms. The van der Waals surface area contributed by atoms with Gasteiger partial charge < -0.3 is 4.74 Å². The molecule has 1 N–H and O–H groups in total. The SMILES string of the molecule is Cc1csc(NC(=O)COC(c2ccccc2)c2ccccc2)n1. The fraction of sp³-hybridized carbons (Fsp3) is 0.158. The second kappa shape index (κ2) is 7.86. The maximum atomic E-state index is 12.1. The van der Waals surface area contributed by atoms with Crippen LogP contribution in [0.4, 0.5) is 5.13 Å². The van der Waals surface area contributed by atoms with Crippen molar-refractivity contribution in [1.82, 2.24) is 4.98 Å². The highest BCUT2D eigenvalue weighted by Gasteiger charge is 2.16. The van der Waals surface area contributed by atoms with Crippen LogP contribution in [-0.4, -0.2) is 17.5 Å². The molecule has 1 amide bonds. The number of thiazole rings is 1. The van der Waals surface area contributed by atoms with E-state index >= 15 is 0 Å². The lowest BCUT2D eigenvalue weighted by Crippen LogP contribution is -2.20. The fourth-order valence-electron chi connectivity index (χ4n) is 2.37. The highest BCUT2D eigenvalue weighted by molar-refractivity contribution is 7.13. The van der Waals surface area contributed by atoms with Crippen molar-refractivity contribution in [1.29, 1.82) is 0 Å². The Bertz CT molecular complexity index is 748. The van der Waals surface area contributed by atoms with Crippen molar-refractivity contribution in [2.24, 2.45) is 0 Å². The molecule has 1 aromatic heterocycles. The van der Waals surface area contributed by atoms with Crippen LogP contribution in [0.2, 0.25) is 0 Å². The molecule has 3 rings (SSSR count). The monoisotopic (exact) mass is 338 g/mol. The van der Waals surface area contributed by atoms with E-state index in [1.807, 2.05) is 73.0 Å². The number of benzene rings is 2. The zero-order chi connectivity index (χ0) is 16.8. The van der Waals surface area contributed by atoms with Crippen LogP contribution in [0, 0.1) is 6.92 Å². The maximum absolute atomic E-state index is 12.1. The van der Waals surface area contributed by atoms with E-state index in [2.05, 4.69) is 10.3 Å². The van der Waals surface area contributed by atoms with Gasteiger partial charge in [-0.1, -0.05) is 60.7 Å². The summed E-state index contributed by atoms with van der Waals surface area (Å²) in [6.07, 6.45) is -0.281. The second-order valence-electron chi connectivity index (χ2n) is 5.35. The Hall–Kier alpha value is -2.50. The number of aryl methyl sites for hydroxylation is 1. The van der Waals surface area contributed by atoms with Crippen LogP contribution in [0.5, 0.6) is 0 Å². The number of hydrogen-bond acceptors (Lipinski definition) is 4. The van der Waals surface area contributed by atoms with Gasteiger partial charge in [-0.3, -0.25) is 10.1 Å². The number of ether oxygens (including phenoxy) is 1. The summed E-state index contributed by atoms with van der Waals surface area (Å²) >= 11 is 1.41. The van der Waals surface area contributed by atoms with Gasteiger partial charge in [0.05, 0.1) is 5.69 Å². The van der Waals surface area contributed by atoms with Crippen LogP contribution < -0.4 is 5.32 Å². The van der Waals surface area contributed by atoms with Crippen LogP contribution in [0.15, 0.2) is 66.0 Å². The van der Waals surface area contributed by atoms with Gasteiger partial charge >= 0.3 is 0 Å². The Morgan fingerprint density at radius 1 is 1.08 bits per heavy atom. The van der Waals surface area contributed by atoms with Gasteiger partial charge in [-0.15, -0.1) is 11.3 Å². The highest BCUT2D eigenvalue weighted by Crippen LogP contribution is 2.25. The molecule has 122 valence electrons. The molecule has 5 heteroatoms. The fourth-order valence-corrected chi connectivity index (χ4v) is 3.07. The molecule has 0 aliphatic heterocycles. The van der Waals surface area contributed by atoms with Crippen LogP contribution in [0.25, 0.3) is 0 Å². The van der Waals surface area contributed by atoms with E-state index in [-0.39, 0.29) is 18.6 Å². The minimum absolute atomic E-state index is 0.0346. The summed E-state index contributed by atoms with van der Waals surface area (Å²) in [5, 5.41) is 5.26. The van der Waals surface area contributed by atoms with E-state index < -0.39 is 0 Å².